The molecule has 38 heavy (non-hydrogen) atoms. The molecule has 6 nitrogen and oxygen atoms in total. The summed E-state index contributed by atoms with van der Waals surface area (Å²) in [4.78, 5) is 29.3. The van der Waals surface area contributed by atoms with Gasteiger partial charge in [0.25, 0.3) is 5.91 Å². The number of rotatable bonds is 10. The lowest BCUT2D eigenvalue weighted by molar-refractivity contribution is -0.143. The monoisotopic (exact) mass is 550 g/mol. The van der Waals surface area contributed by atoms with Crippen LogP contribution >= 0.6 is 0 Å². The number of carbonyl (C=O) groups is 2. The summed E-state index contributed by atoms with van der Waals surface area (Å²) < 4.78 is 98.7. The van der Waals surface area contributed by atoms with Crippen LogP contribution in [0.2, 0.25) is 0 Å². The fourth-order valence-electron chi connectivity index (χ4n) is 3.51. The van der Waals surface area contributed by atoms with Gasteiger partial charge < -0.3 is 14.9 Å². The Bertz CT molecular complexity index is 1170. The van der Waals surface area contributed by atoms with E-state index in [0.717, 1.165) is 12.5 Å². The number of anilines is 1. The molecule has 1 amide bonds. The average molecular weight is 550 g/mol. The molecule has 0 saturated heterocycles. The van der Waals surface area contributed by atoms with Crippen LogP contribution < -0.4 is 5.32 Å². The first-order chi connectivity index (χ1) is 17.7. The van der Waals surface area contributed by atoms with Crippen LogP contribution in [0.5, 0.6) is 0 Å². The molecular formula is C25H25F7N2O4. The number of ether oxygens (including phenoxy) is 1. The molecule has 208 valence electrons. The fourth-order valence-corrected chi connectivity index (χ4v) is 3.51. The van der Waals surface area contributed by atoms with Crippen LogP contribution in [-0.2, 0) is 27.0 Å². The smallest absolute Gasteiger partial charge is 0.422 e. The molecule has 0 aliphatic rings. The number of benzene rings is 2. The van der Waals surface area contributed by atoms with Crippen molar-refractivity contribution in [1.29, 1.82) is 0 Å². The third-order valence-electron chi connectivity index (χ3n) is 5.58. The van der Waals surface area contributed by atoms with E-state index in [9.17, 15) is 40.3 Å². The maximum absolute atomic E-state index is 14.1. The third kappa shape index (κ3) is 7.23. The van der Waals surface area contributed by atoms with Crippen molar-refractivity contribution in [2.45, 2.75) is 52.3 Å². The molecular weight excluding hydrogens is 525 g/mol. The Balaban J connectivity index is 2.16. The largest absolute Gasteiger partial charge is 0.465 e. The van der Waals surface area contributed by atoms with Crippen LogP contribution in [0.25, 0.3) is 0 Å². The second-order valence-electron chi connectivity index (χ2n) is 8.44. The van der Waals surface area contributed by atoms with E-state index in [1.807, 2.05) is 13.8 Å². The first-order valence-electron chi connectivity index (χ1n) is 11.3. The van der Waals surface area contributed by atoms with Crippen LogP contribution in [0, 0.1) is 29.2 Å². The van der Waals surface area contributed by atoms with E-state index in [1.54, 1.807) is 24.3 Å². The number of hydrogen-bond donors (Lipinski definition) is 1. The maximum Gasteiger partial charge on any atom is 0.422 e. The van der Waals surface area contributed by atoms with Gasteiger partial charge in [0.2, 0.25) is 0 Å². The van der Waals surface area contributed by atoms with Crippen molar-refractivity contribution in [2.24, 2.45) is 11.1 Å². The molecule has 0 fully saturated rings. The lowest BCUT2D eigenvalue weighted by Gasteiger charge is -2.22. The number of halogens is 7. The van der Waals surface area contributed by atoms with Gasteiger partial charge in [-0.25, -0.2) is 22.4 Å². The summed E-state index contributed by atoms with van der Waals surface area (Å²) in [6.07, 6.45) is -4.58. The first-order valence-corrected chi connectivity index (χ1v) is 11.3. The molecule has 0 bridgehead atoms. The van der Waals surface area contributed by atoms with Gasteiger partial charge in [-0.15, -0.1) is 0 Å². The quantitative estimate of drug-likeness (QED) is 0.122. The Hall–Kier alpha value is -3.64. The minimum Gasteiger partial charge on any atom is -0.465 e. The Morgan fingerprint density at radius 2 is 1.55 bits per heavy atom. The average Bonchev–Trinajstić information content (AvgIpc) is 2.86. The minimum atomic E-state index is -5.71. The number of oxime groups is 1. The van der Waals surface area contributed by atoms with Crippen molar-refractivity contribution in [3.63, 3.8) is 0 Å². The van der Waals surface area contributed by atoms with Crippen molar-refractivity contribution in [1.82, 2.24) is 0 Å². The number of alkyl halides is 3. The number of esters is 1. The highest BCUT2D eigenvalue weighted by atomic mass is 19.4. The zero-order valence-electron chi connectivity index (χ0n) is 20.8. The van der Waals surface area contributed by atoms with E-state index in [2.05, 4.69) is 9.89 Å². The van der Waals surface area contributed by atoms with Gasteiger partial charge in [0.05, 0.1) is 12.7 Å². The molecule has 0 heterocycles. The molecule has 2 rings (SSSR count). The highest BCUT2D eigenvalue weighted by molar-refractivity contribution is 6.42. The standard InChI is InChI=1S/C25H25F7N2O4/c1-5-6-16(12(2)11-14-7-9-15(10-8-14)24(36)37-4)38-34-13(3)23(35)33-22-20(28)18(26)17(25(30,31)32)19(27)21(22)29/h7-10,12,16H,5-6,11H2,1-4H3,(H,33,35)/b34-13+. The van der Waals surface area contributed by atoms with Gasteiger partial charge in [0.15, 0.2) is 23.3 Å². The SMILES string of the molecule is CCCC(O/N=C(\C)C(=O)Nc1c(F)c(F)c(C(F)(F)F)c(F)c1F)C(C)Cc1ccc(C(=O)OC)cc1. The third-order valence-corrected chi connectivity index (χ3v) is 5.58. The molecule has 2 aromatic rings. The van der Waals surface area contributed by atoms with Gasteiger partial charge in [-0.1, -0.05) is 37.6 Å². The molecule has 0 spiro atoms. The number of methoxy groups -OCH3 is 1. The van der Waals surface area contributed by atoms with Gasteiger partial charge in [-0.3, -0.25) is 4.79 Å². The topological polar surface area (TPSA) is 77.0 Å². The van der Waals surface area contributed by atoms with E-state index < -0.39 is 64.4 Å². The zero-order chi connectivity index (χ0) is 28.8. The van der Waals surface area contributed by atoms with Crippen molar-refractivity contribution < 1.29 is 49.9 Å². The van der Waals surface area contributed by atoms with Gasteiger partial charge in [-0.05, 0) is 43.4 Å². The summed E-state index contributed by atoms with van der Waals surface area (Å²) in [6, 6.07) is 6.67. The number of amides is 1. The Morgan fingerprint density at radius 1 is 1.00 bits per heavy atom. The summed E-state index contributed by atoms with van der Waals surface area (Å²) in [7, 11) is 1.26. The Labute approximate surface area is 213 Å². The Morgan fingerprint density at radius 3 is 2.03 bits per heavy atom. The molecule has 0 aliphatic carbocycles. The summed E-state index contributed by atoms with van der Waals surface area (Å²) in [5.41, 5.74) is -3.76. The second kappa shape index (κ2) is 12.7. The molecule has 13 heteroatoms. The fraction of sp³-hybridized carbons (Fsp3) is 0.400. The van der Waals surface area contributed by atoms with E-state index >= 15 is 0 Å². The van der Waals surface area contributed by atoms with Crippen LogP contribution in [0.4, 0.5) is 36.4 Å². The van der Waals surface area contributed by atoms with Crippen LogP contribution in [0.15, 0.2) is 29.4 Å². The number of hydrogen-bond acceptors (Lipinski definition) is 5. The number of nitrogens with zero attached hydrogens (tertiary/aromatic N) is 1. The van der Waals surface area contributed by atoms with Gasteiger partial charge in [-0.2, -0.15) is 13.2 Å². The van der Waals surface area contributed by atoms with Gasteiger partial charge in [0.1, 0.15) is 23.1 Å². The molecule has 0 radical (unpaired) electrons. The molecule has 0 aliphatic heterocycles. The summed E-state index contributed by atoms with van der Waals surface area (Å²) in [5.74, 6) is -12.2. The molecule has 0 saturated carbocycles. The van der Waals surface area contributed by atoms with Crippen molar-refractivity contribution >= 4 is 23.3 Å². The van der Waals surface area contributed by atoms with Crippen molar-refractivity contribution in [2.75, 3.05) is 12.4 Å². The van der Waals surface area contributed by atoms with E-state index in [0.29, 0.717) is 24.8 Å². The summed E-state index contributed by atoms with van der Waals surface area (Å²) in [6.45, 7) is 4.79. The molecule has 2 unspecified atom stereocenters. The van der Waals surface area contributed by atoms with E-state index in [4.69, 9.17) is 4.84 Å². The highest BCUT2D eigenvalue weighted by Gasteiger charge is 2.42. The normalized spacial score (nSPS) is 13.6. The predicted molar refractivity (Wildman–Crippen MR) is 123 cm³/mol. The van der Waals surface area contributed by atoms with Crippen molar-refractivity contribution in [3.8, 4) is 0 Å². The molecule has 2 aromatic carbocycles. The molecule has 0 aromatic heterocycles. The maximum atomic E-state index is 14.1. The van der Waals surface area contributed by atoms with Gasteiger partial charge in [0, 0.05) is 0 Å². The molecule has 2 atom stereocenters. The minimum absolute atomic E-state index is 0.161. The van der Waals surface area contributed by atoms with Crippen LogP contribution in [0.1, 0.15) is 55.1 Å². The number of nitrogens with one attached hydrogen (secondary N) is 1. The van der Waals surface area contributed by atoms with Gasteiger partial charge >= 0.3 is 12.1 Å². The number of carbonyl (C=O) groups excluding carboxylic acids is 2. The highest BCUT2D eigenvalue weighted by Crippen LogP contribution is 2.38. The lowest BCUT2D eigenvalue weighted by Crippen LogP contribution is -2.26. The molecule has 1 N–H and O–H groups in total. The van der Waals surface area contributed by atoms with Crippen LogP contribution in [0.3, 0.4) is 0 Å². The van der Waals surface area contributed by atoms with E-state index in [-0.39, 0.29) is 5.92 Å². The van der Waals surface area contributed by atoms with Crippen molar-refractivity contribution in [3.05, 3.63) is 64.2 Å². The second-order valence-corrected chi connectivity index (χ2v) is 8.44. The lowest BCUT2D eigenvalue weighted by atomic mass is 9.93. The first kappa shape index (κ1) is 30.6. The predicted octanol–water partition coefficient (Wildman–Crippen LogP) is 6.43. The zero-order valence-corrected chi connectivity index (χ0v) is 20.8. The summed E-state index contributed by atoms with van der Waals surface area (Å²) in [5, 5.41) is 5.14. The Kier molecular flexibility index (Phi) is 10.3. The van der Waals surface area contributed by atoms with Crippen LogP contribution in [-0.4, -0.2) is 30.8 Å². The summed E-state index contributed by atoms with van der Waals surface area (Å²) >= 11 is 0. The van der Waals surface area contributed by atoms with E-state index in [1.165, 1.54) is 12.4 Å².